The number of aromatic nitrogens is 3. The molecule has 2 aromatic heterocycles. The van der Waals surface area contributed by atoms with E-state index in [-0.39, 0.29) is 22.1 Å². The number of likely N-dealkylation sites (tertiary alicyclic amines) is 1. The summed E-state index contributed by atoms with van der Waals surface area (Å²) in [5.74, 6) is 0.151. The van der Waals surface area contributed by atoms with Gasteiger partial charge in [-0.2, -0.15) is 5.10 Å². The second kappa shape index (κ2) is 15.5. The molecule has 4 heterocycles. The summed E-state index contributed by atoms with van der Waals surface area (Å²) in [5, 5.41) is 28.1. The number of phenols is 1. The van der Waals surface area contributed by atoms with Crippen molar-refractivity contribution in [2.75, 3.05) is 52.4 Å². The molecule has 242 valence electrons. The Kier molecular flexibility index (Phi) is 11.5. The molecule has 1 unspecified atom stereocenters. The van der Waals surface area contributed by atoms with Gasteiger partial charge in [0.2, 0.25) is 5.91 Å². The molecule has 2 aliphatic rings. The predicted octanol–water partition coefficient (Wildman–Crippen LogP) is 3.55. The lowest BCUT2D eigenvalue weighted by Gasteiger charge is -2.47. The molecule has 0 aliphatic carbocycles. The smallest absolute Gasteiger partial charge is 0.305 e. The van der Waals surface area contributed by atoms with Gasteiger partial charge in [0, 0.05) is 50.2 Å². The molecule has 3 aromatic rings. The number of benzene rings is 1. The zero-order valence-corrected chi connectivity index (χ0v) is 26.7. The number of carbonyl (C=O) groups is 1. The van der Waals surface area contributed by atoms with Crippen LogP contribution >= 0.6 is 11.3 Å². The summed E-state index contributed by atoms with van der Waals surface area (Å²) >= 11 is 1.01. The number of aliphatic hydroxyl groups is 1. The fraction of sp³-hybridized carbons (Fsp3) is 0.656. The number of hydrogen-bond donors (Lipinski definition) is 4. The molecular formula is C32H48N6O5S. The van der Waals surface area contributed by atoms with Crippen molar-refractivity contribution in [3.63, 3.8) is 0 Å². The van der Waals surface area contributed by atoms with Gasteiger partial charge in [0.25, 0.3) is 0 Å². The molecule has 4 N–H and O–H groups in total. The van der Waals surface area contributed by atoms with Crippen LogP contribution in [0.15, 0.2) is 29.2 Å². The lowest BCUT2D eigenvalue weighted by molar-refractivity contribution is -0.160. The van der Waals surface area contributed by atoms with Crippen molar-refractivity contribution in [2.24, 2.45) is 0 Å². The molecule has 44 heavy (non-hydrogen) atoms. The lowest BCUT2D eigenvalue weighted by Crippen LogP contribution is -2.58. The number of carbonyl (C=O) groups excluding carboxylic acids is 1. The minimum absolute atomic E-state index is 0.0245. The third kappa shape index (κ3) is 8.48. The molecule has 2 saturated heterocycles. The number of unbranched alkanes of at least 4 members (excludes halogenated alkanes) is 6. The van der Waals surface area contributed by atoms with E-state index in [4.69, 9.17) is 4.74 Å². The molecule has 2 fully saturated rings. The van der Waals surface area contributed by atoms with Gasteiger partial charge in [0.15, 0.2) is 0 Å². The molecule has 1 amide bonds. The van der Waals surface area contributed by atoms with Crippen LogP contribution in [0.2, 0.25) is 0 Å². The molecule has 1 aromatic carbocycles. The fourth-order valence-electron chi connectivity index (χ4n) is 6.46. The summed E-state index contributed by atoms with van der Waals surface area (Å²) in [5.41, 5.74) is 1.87. The van der Waals surface area contributed by atoms with Crippen molar-refractivity contribution in [2.45, 2.75) is 83.0 Å². The number of nitrogens with zero attached hydrogens (tertiary/aromatic N) is 4. The summed E-state index contributed by atoms with van der Waals surface area (Å²) in [6, 6.07) is 5.13. The Morgan fingerprint density at radius 3 is 2.61 bits per heavy atom. The first-order valence-corrected chi connectivity index (χ1v) is 17.0. The highest BCUT2D eigenvalue weighted by molar-refractivity contribution is 7.16. The second-order valence-corrected chi connectivity index (χ2v) is 13.4. The van der Waals surface area contributed by atoms with Gasteiger partial charge in [-0.1, -0.05) is 49.5 Å². The third-order valence-corrected chi connectivity index (χ3v) is 10.1. The van der Waals surface area contributed by atoms with E-state index in [2.05, 4.69) is 20.3 Å². The number of fused-ring (bicyclic) bond motifs is 1. The number of aryl methyl sites for hydroxylation is 1. The van der Waals surface area contributed by atoms with Crippen molar-refractivity contribution in [3.05, 3.63) is 45.3 Å². The first-order valence-electron chi connectivity index (χ1n) is 16.2. The number of piperidine rings is 1. The van der Waals surface area contributed by atoms with Crippen LogP contribution < -0.4 is 10.2 Å². The number of aliphatic hydroxyl groups excluding tert-OH is 1. The van der Waals surface area contributed by atoms with E-state index >= 15 is 0 Å². The fourth-order valence-corrected chi connectivity index (χ4v) is 7.37. The van der Waals surface area contributed by atoms with E-state index in [1.807, 2.05) is 17.9 Å². The minimum Gasteiger partial charge on any atom is -0.506 e. The highest BCUT2D eigenvalue weighted by Gasteiger charge is 2.40. The van der Waals surface area contributed by atoms with Crippen LogP contribution in [0.25, 0.3) is 10.2 Å². The lowest BCUT2D eigenvalue weighted by atomic mass is 9.89. The maximum absolute atomic E-state index is 12.9. The van der Waals surface area contributed by atoms with Crippen molar-refractivity contribution in [3.8, 4) is 5.75 Å². The number of phenolic OH excluding ortho intramolecular Hbond substituents is 1. The van der Waals surface area contributed by atoms with Gasteiger partial charge < -0.3 is 35.1 Å². The molecule has 1 spiro atoms. The molecule has 11 nitrogen and oxygen atoms in total. The van der Waals surface area contributed by atoms with Crippen LogP contribution in [0.5, 0.6) is 5.75 Å². The Bertz CT molecular complexity index is 1410. The molecule has 0 radical (unpaired) electrons. The molecule has 0 bridgehead atoms. The highest BCUT2D eigenvalue weighted by Crippen LogP contribution is 2.32. The number of ether oxygens (including phenoxy) is 1. The Morgan fingerprint density at radius 2 is 1.86 bits per heavy atom. The van der Waals surface area contributed by atoms with Crippen LogP contribution in [-0.4, -0.2) is 98.7 Å². The SMILES string of the molecule is Cc1ccnn1CC(=O)N1CCOC2(CCN(CCCCCCCCCNCC(O)c3ccc(O)c4[nH]c(=O)sc34)CC2)C1. The van der Waals surface area contributed by atoms with E-state index in [9.17, 15) is 19.8 Å². The van der Waals surface area contributed by atoms with Crippen molar-refractivity contribution >= 4 is 27.5 Å². The Morgan fingerprint density at radius 1 is 1.11 bits per heavy atom. The average molecular weight is 629 g/mol. The molecule has 0 saturated carbocycles. The van der Waals surface area contributed by atoms with E-state index in [0.717, 1.165) is 62.5 Å². The summed E-state index contributed by atoms with van der Waals surface area (Å²) in [7, 11) is 0. The zero-order chi connectivity index (χ0) is 30.9. The van der Waals surface area contributed by atoms with E-state index < -0.39 is 6.10 Å². The molecule has 5 rings (SSSR count). The maximum atomic E-state index is 12.9. The van der Waals surface area contributed by atoms with Crippen LogP contribution in [0.1, 0.15) is 75.1 Å². The van der Waals surface area contributed by atoms with Gasteiger partial charge in [-0.3, -0.25) is 14.3 Å². The molecule has 12 heteroatoms. The highest BCUT2D eigenvalue weighted by atomic mass is 32.1. The maximum Gasteiger partial charge on any atom is 0.305 e. The van der Waals surface area contributed by atoms with E-state index in [0.29, 0.717) is 48.6 Å². The number of morpholine rings is 1. The monoisotopic (exact) mass is 628 g/mol. The quantitative estimate of drug-likeness (QED) is 0.188. The topological polar surface area (TPSA) is 136 Å². The summed E-state index contributed by atoms with van der Waals surface area (Å²) in [6.07, 6.45) is 11.4. The number of amides is 1. The van der Waals surface area contributed by atoms with Crippen LogP contribution in [0, 0.1) is 6.92 Å². The van der Waals surface area contributed by atoms with Gasteiger partial charge in [0.1, 0.15) is 17.8 Å². The van der Waals surface area contributed by atoms with E-state index in [1.165, 1.54) is 44.6 Å². The first-order chi connectivity index (χ1) is 21.3. The summed E-state index contributed by atoms with van der Waals surface area (Å²) < 4.78 is 8.66. The number of thiazole rings is 1. The average Bonchev–Trinajstić information content (AvgIpc) is 3.62. The largest absolute Gasteiger partial charge is 0.506 e. The molecular weight excluding hydrogens is 580 g/mol. The first kappa shape index (κ1) is 32.6. The minimum atomic E-state index is -0.730. The van der Waals surface area contributed by atoms with Crippen molar-refractivity contribution in [1.29, 1.82) is 0 Å². The second-order valence-electron chi connectivity index (χ2n) is 12.4. The normalized spacial score (nSPS) is 17.9. The standard InChI is InChI=1S/C32H48N6O5S/c1-24-11-15-34-38(24)22-28(41)37-19-20-43-32(23-37)12-17-36(18-13-32)16-8-6-4-2-3-5-7-14-33-21-27(40)25-9-10-26(39)29-30(25)44-31(42)35-29/h9-11,15,27,33,39-40H,2-8,12-14,16-23H2,1H3,(H,35,42). The molecule has 1 atom stereocenters. The van der Waals surface area contributed by atoms with Gasteiger partial charge in [-0.25, -0.2) is 0 Å². The number of hydrogen-bond acceptors (Lipinski definition) is 9. The Balaban J connectivity index is 0.879. The summed E-state index contributed by atoms with van der Waals surface area (Å²) in [4.78, 5) is 31.5. The number of rotatable bonds is 15. The predicted molar refractivity (Wildman–Crippen MR) is 172 cm³/mol. The van der Waals surface area contributed by atoms with Crippen LogP contribution in [0.3, 0.4) is 0 Å². The van der Waals surface area contributed by atoms with Crippen LogP contribution in [-0.2, 0) is 16.1 Å². The van der Waals surface area contributed by atoms with Crippen molar-refractivity contribution < 1.29 is 19.7 Å². The zero-order valence-electron chi connectivity index (χ0n) is 25.9. The Labute approximate surface area is 263 Å². The number of aromatic amines is 1. The number of H-pyrrole nitrogens is 1. The number of aromatic hydroxyl groups is 1. The number of nitrogens with one attached hydrogen (secondary N) is 2. The van der Waals surface area contributed by atoms with Gasteiger partial charge >= 0.3 is 4.87 Å². The van der Waals surface area contributed by atoms with Gasteiger partial charge in [0.05, 0.1) is 23.0 Å². The van der Waals surface area contributed by atoms with Gasteiger partial charge in [-0.15, -0.1) is 0 Å². The summed E-state index contributed by atoms with van der Waals surface area (Å²) in [6.45, 7) is 8.70. The van der Waals surface area contributed by atoms with Crippen molar-refractivity contribution in [1.82, 2.24) is 29.9 Å². The van der Waals surface area contributed by atoms with E-state index in [1.54, 1.807) is 16.9 Å². The molecule has 2 aliphatic heterocycles. The van der Waals surface area contributed by atoms with Crippen LogP contribution in [0.4, 0.5) is 0 Å². The Hall–Kier alpha value is -2.77. The van der Waals surface area contributed by atoms with Gasteiger partial charge in [-0.05, 0) is 57.8 Å². The third-order valence-electron chi connectivity index (χ3n) is 9.19.